The summed E-state index contributed by atoms with van der Waals surface area (Å²) in [5.74, 6) is 3.09. The Kier molecular flexibility index (Phi) is 27.4. The summed E-state index contributed by atoms with van der Waals surface area (Å²) in [7, 11) is 0. The highest BCUT2D eigenvalue weighted by Crippen LogP contribution is 2.65. The smallest absolute Gasteiger partial charge is 0.305 e. The number of hydrogen-bond donors (Lipinski definition) is 0. The zero-order chi connectivity index (χ0) is 44.1. The number of carbonyl (C=O) groups is 4. The average molecular weight is 890 g/mol. The summed E-state index contributed by atoms with van der Waals surface area (Å²) in [6, 6.07) is 0. The van der Waals surface area contributed by atoms with Crippen molar-refractivity contribution in [2.24, 2.45) is 29.1 Å². The zero-order valence-corrected chi connectivity index (χ0v) is 40.7. The van der Waals surface area contributed by atoms with E-state index in [1.165, 1.54) is 109 Å². The summed E-state index contributed by atoms with van der Waals surface area (Å²) in [6.07, 6.45) is 38.7. The molecule has 0 aromatic carbocycles. The number of amides is 1. The first-order valence-corrected chi connectivity index (χ1v) is 27.2. The van der Waals surface area contributed by atoms with Gasteiger partial charge in [0.15, 0.2) is 0 Å². The molecule has 8 nitrogen and oxygen atoms in total. The molecule has 4 fully saturated rings. The molecular weight excluding hydrogens is 796 g/mol. The Morgan fingerprint density at radius 2 is 1.18 bits per heavy atom. The van der Waals surface area contributed by atoms with Crippen molar-refractivity contribution >= 4 is 34.7 Å². The lowest BCUT2D eigenvalue weighted by atomic mass is 9.45. The van der Waals surface area contributed by atoms with Crippen molar-refractivity contribution in [3.8, 4) is 0 Å². The molecule has 4 rings (SSSR count). The van der Waals surface area contributed by atoms with Crippen LogP contribution in [0.2, 0.25) is 0 Å². The van der Waals surface area contributed by atoms with E-state index in [9.17, 15) is 19.2 Å². The Bertz CT molecular complexity index is 1240. The molecule has 2 aliphatic heterocycles. The van der Waals surface area contributed by atoms with Crippen molar-refractivity contribution < 1.29 is 28.7 Å². The first-order valence-electron chi connectivity index (χ1n) is 26.8. The molecule has 358 valence electrons. The molecule has 2 bridgehead atoms. The first kappa shape index (κ1) is 52.9. The predicted octanol–water partition coefficient (Wildman–Crippen LogP) is 13.5. The Morgan fingerprint density at radius 3 is 1.85 bits per heavy atom. The van der Waals surface area contributed by atoms with Crippen LogP contribution in [0.25, 0.3) is 0 Å². The third-order valence-corrected chi connectivity index (χ3v) is 16.0. The van der Waals surface area contributed by atoms with Crippen LogP contribution in [0.1, 0.15) is 238 Å². The van der Waals surface area contributed by atoms with Crippen LogP contribution in [0.4, 0.5) is 0 Å². The second-order valence-corrected chi connectivity index (χ2v) is 20.9. The number of unbranched alkanes of at least 4 members (excludes halogenated alkanes) is 2. The number of carbonyl (C=O) groups excluding carboxylic acids is 4. The molecule has 0 spiro atoms. The third kappa shape index (κ3) is 20.7. The van der Waals surface area contributed by atoms with Crippen molar-refractivity contribution in [1.82, 2.24) is 9.80 Å². The van der Waals surface area contributed by atoms with Crippen LogP contribution in [0.5, 0.6) is 0 Å². The van der Waals surface area contributed by atoms with Crippen LogP contribution < -0.4 is 0 Å². The lowest BCUT2D eigenvalue weighted by molar-refractivity contribution is -0.145. The normalized spacial score (nSPS) is 28.7. The number of fused-ring (bicyclic) bond motifs is 2. The summed E-state index contributed by atoms with van der Waals surface area (Å²) < 4.78 is 11.5. The standard InChI is InChI=1S/C53H93ClN2O6/c1-2-3-10-25-45-26-13-14-28-46-44-53(36-21-32-49(54)57)47(29-15-16-31-48(46)53)30-24-43-62-52(60)35-12-7-5-9-18-41-56(50(58)33-22-39-55-37-19-20-38-55)40-17-8-4-6-11-34-51(59)61-42-23-27-45/h45-48H,2-44H2,1H3. The number of nitrogens with zero attached hydrogens (tertiary/aromatic N) is 2. The van der Waals surface area contributed by atoms with Crippen molar-refractivity contribution in [1.29, 1.82) is 0 Å². The van der Waals surface area contributed by atoms with Crippen LogP contribution in [-0.2, 0) is 28.7 Å². The minimum absolute atomic E-state index is 0.0399. The van der Waals surface area contributed by atoms with Crippen LogP contribution >= 0.6 is 11.6 Å². The molecule has 5 unspecified atom stereocenters. The Morgan fingerprint density at radius 1 is 0.613 bits per heavy atom. The second-order valence-electron chi connectivity index (χ2n) is 20.4. The van der Waals surface area contributed by atoms with E-state index in [-0.39, 0.29) is 17.2 Å². The summed E-state index contributed by atoms with van der Waals surface area (Å²) >= 11 is 5.85. The van der Waals surface area contributed by atoms with Crippen LogP contribution in [0.15, 0.2) is 0 Å². The van der Waals surface area contributed by atoms with Crippen molar-refractivity contribution in [2.45, 2.75) is 238 Å². The molecule has 0 radical (unpaired) electrons. The Hall–Kier alpha value is -1.67. The lowest BCUT2D eigenvalue weighted by Gasteiger charge is -2.60. The maximum Gasteiger partial charge on any atom is 0.305 e. The fourth-order valence-corrected chi connectivity index (χ4v) is 12.4. The maximum absolute atomic E-state index is 13.4. The van der Waals surface area contributed by atoms with Gasteiger partial charge in [-0.15, -0.1) is 0 Å². The van der Waals surface area contributed by atoms with Crippen LogP contribution in [0, 0.1) is 29.1 Å². The van der Waals surface area contributed by atoms with Gasteiger partial charge in [0.2, 0.25) is 11.1 Å². The van der Waals surface area contributed by atoms with Gasteiger partial charge in [0, 0.05) is 38.8 Å². The van der Waals surface area contributed by atoms with E-state index in [0.29, 0.717) is 62.1 Å². The SMILES string of the molecule is CCCCCC1CCCCC2CC3(CCCC(=O)Cl)C(CCCCC23)CCCOC(=O)CCCCCCCN(C(=O)CCCN2CCCC2)CCCCCCCC(=O)OCCC1. The molecule has 2 heterocycles. The molecule has 2 saturated heterocycles. The number of hydrogen-bond acceptors (Lipinski definition) is 7. The van der Waals surface area contributed by atoms with Gasteiger partial charge in [0.05, 0.1) is 13.2 Å². The van der Waals surface area contributed by atoms with Gasteiger partial charge in [0.1, 0.15) is 0 Å². The summed E-state index contributed by atoms with van der Waals surface area (Å²) in [6.45, 7) is 8.39. The highest BCUT2D eigenvalue weighted by molar-refractivity contribution is 6.63. The van der Waals surface area contributed by atoms with Crippen LogP contribution in [0.3, 0.4) is 0 Å². The van der Waals surface area contributed by atoms with Crippen molar-refractivity contribution in [2.75, 3.05) is 45.9 Å². The Labute approximate surface area is 384 Å². The Balaban J connectivity index is 1.30. The number of esters is 2. The first-order chi connectivity index (χ1) is 30.3. The fraction of sp³-hybridized carbons (Fsp3) is 0.925. The number of ether oxygens (including phenoxy) is 2. The summed E-state index contributed by atoms with van der Waals surface area (Å²) in [5, 5.41) is -0.208. The largest absolute Gasteiger partial charge is 0.466 e. The fourth-order valence-electron chi connectivity index (χ4n) is 12.3. The van der Waals surface area contributed by atoms with Gasteiger partial charge in [-0.2, -0.15) is 0 Å². The molecule has 1 amide bonds. The minimum atomic E-state index is -0.208. The monoisotopic (exact) mass is 889 g/mol. The van der Waals surface area contributed by atoms with Gasteiger partial charge in [-0.3, -0.25) is 19.2 Å². The van der Waals surface area contributed by atoms with E-state index < -0.39 is 0 Å². The van der Waals surface area contributed by atoms with Gasteiger partial charge in [-0.05, 0) is 163 Å². The summed E-state index contributed by atoms with van der Waals surface area (Å²) in [5.41, 5.74) is 0.312. The predicted molar refractivity (Wildman–Crippen MR) is 254 cm³/mol. The van der Waals surface area contributed by atoms with E-state index in [1.54, 1.807) is 0 Å². The van der Waals surface area contributed by atoms with Gasteiger partial charge < -0.3 is 19.3 Å². The number of likely N-dealkylation sites (tertiary alicyclic amines) is 1. The third-order valence-electron chi connectivity index (χ3n) is 15.8. The van der Waals surface area contributed by atoms with E-state index >= 15 is 0 Å². The van der Waals surface area contributed by atoms with Crippen molar-refractivity contribution in [3.63, 3.8) is 0 Å². The molecule has 0 aromatic rings. The van der Waals surface area contributed by atoms with E-state index in [0.717, 1.165) is 141 Å². The molecular formula is C53H93ClN2O6. The summed E-state index contributed by atoms with van der Waals surface area (Å²) in [4.78, 5) is 55.2. The average Bonchev–Trinajstić information content (AvgIpc) is 3.73. The number of cyclic esters (lactones) is 2. The van der Waals surface area contributed by atoms with E-state index in [1.807, 2.05) is 0 Å². The molecule has 5 atom stereocenters. The molecule has 2 saturated carbocycles. The highest BCUT2D eigenvalue weighted by Gasteiger charge is 2.56. The van der Waals surface area contributed by atoms with E-state index in [4.69, 9.17) is 21.1 Å². The topological polar surface area (TPSA) is 93.2 Å². The molecule has 62 heavy (non-hydrogen) atoms. The van der Waals surface area contributed by atoms with Gasteiger partial charge in [-0.25, -0.2) is 0 Å². The molecule has 0 N–H and O–H groups in total. The number of halogens is 1. The van der Waals surface area contributed by atoms with Gasteiger partial charge >= 0.3 is 11.9 Å². The van der Waals surface area contributed by atoms with Gasteiger partial charge in [0.25, 0.3) is 0 Å². The zero-order valence-electron chi connectivity index (χ0n) is 39.9. The quantitative estimate of drug-likeness (QED) is 0.109. The van der Waals surface area contributed by atoms with Gasteiger partial charge in [-0.1, -0.05) is 110 Å². The highest BCUT2D eigenvalue weighted by atomic mass is 35.5. The lowest BCUT2D eigenvalue weighted by Crippen LogP contribution is -2.52. The molecule has 4 aliphatic rings. The van der Waals surface area contributed by atoms with E-state index in [2.05, 4.69) is 16.7 Å². The second kappa shape index (κ2) is 32.1. The van der Waals surface area contributed by atoms with Crippen LogP contribution in [-0.4, -0.2) is 78.8 Å². The molecule has 0 aromatic heterocycles. The number of rotatable bonds is 12. The maximum atomic E-state index is 13.4. The minimum Gasteiger partial charge on any atom is -0.466 e. The molecule has 9 heteroatoms. The van der Waals surface area contributed by atoms with Crippen molar-refractivity contribution in [3.05, 3.63) is 0 Å². The molecule has 2 aliphatic carbocycles.